The predicted molar refractivity (Wildman–Crippen MR) is 54.9 cm³/mol. The second-order valence-electron chi connectivity index (χ2n) is 3.60. The minimum atomic E-state index is -0.270. The highest BCUT2D eigenvalue weighted by Crippen LogP contribution is 2.21. The van der Waals surface area contributed by atoms with Crippen LogP contribution in [-0.4, -0.2) is 6.67 Å². The van der Waals surface area contributed by atoms with Gasteiger partial charge in [-0.15, -0.1) is 0 Å². The molecule has 13 heavy (non-hydrogen) atoms. The number of aryl methyl sites for hydroxylation is 2. The fourth-order valence-corrected chi connectivity index (χ4v) is 1.52. The number of rotatable bonds is 3. The average Bonchev–Trinajstić information content (AvgIpc) is 2.17. The normalized spacial score (nSPS) is 12.9. The molecule has 0 aliphatic rings. The molecule has 0 fully saturated rings. The van der Waals surface area contributed by atoms with Crippen LogP contribution in [-0.2, 0) is 6.42 Å². The van der Waals surface area contributed by atoms with Crippen molar-refractivity contribution in [3.63, 3.8) is 0 Å². The van der Waals surface area contributed by atoms with Gasteiger partial charge in [-0.3, -0.25) is 4.39 Å². The van der Waals surface area contributed by atoms with Crippen molar-refractivity contribution < 1.29 is 4.39 Å². The first kappa shape index (κ1) is 10.2. The lowest BCUT2D eigenvalue weighted by Gasteiger charge is -2.12. The van der Waals surface area contributed by atoms with Crippen molar-refractivity contribution in [2.24, 2.45) is 0 Å². The van der Waals surface area contributed by atoms with Gasteiger partial charge in [0.05, 0.1) is 6.67 Å². The fraction of sp³-hybridized carbons (Fsp3) is 0.500. The molecule has 1 rings (SSSR count). The summed E-state index contributed by atoms with van der Waals surface area (Å²) in [6.07, 6.45) is 1.02. The van der Waals surface area contributed by atoms with E-state index in [2.05, 4.69) is 25.1 Å². The van der Waals surface area contributed by atoms with Crippen molar-refractivity contribution in [3.05, 3.63) is 34.9 Å². The van der Waals surface area contributed by atoms with Crippen LogP contribution >= 0.6 is 0 Å². The van der Waals surface area contributed by atoms with Crippen molar-refractivity contribution in [2.75, 3.05) is 6.67 Å². The van der Waals surface area contributed by atoms with Crippen molar-refractivity contribution >= 4 is 0 Å². The summed E-state index contributed by atoms with van der Waals surface area (Å²) in [5, 5.41) is 0. The van der Waals surface area contributed by atoms with Gasteiger partial charge >= 0.3 is 0 Å². The molecular weight excluding hydrogens is 163 g/mol. The van der Waals surface area contributed by atoms with Gasteiger partial charge < -0.3 is 0 Å². The monoisotopic (exact) mass is 180 g/mol. The second-order valence-corrected chi connectivity index (χ2v) is 3.60. The zero-order chi connectivity index (χ0) is 9.84. The molecule has 0 radical (unpaired) electrons. The molecule has 0 bridgehead atoms. The van der Waals surface area contributed by atoms with Gasteiger partial charge in [0.25, 0.3) is 0 Å². The standard InChI is InChI=1S/C12H17F/c1-4-11-6-5-9(2)12(7-11)10(3)8-13/h5-7,10H,4,8H2,1-3H3. The fourth-order valence-electron chi connectivity index (χ4n) is 1.52. The van der Waals surface area contributed by atoms with Gasteiger partial charge in [-0.25, -0.2) is 0 Å². The molecule has 0 nitrogen and oxygen atoms in total. The number of halogens is 1. The molecule has 1 aromatic rings. The van der Waals surface area contributed by atoms with Crippen LogP contribution in [0.4, 0.5) is 4.39 Å². The van der Waals surface area contributed by atoms with Gasteiger partial charge in [0.1, 0.15) is 0 Å². The molecule has 0 amide bonds. The largest absolute Gasteiger partial charge is 0.250 e. The maximum Gasteiger partial charge on any atom is 0.0960 e. The zero-order valence-corrected chi connectivity index (χ0v) is 8.60. The van der Waals surface area contributed by atoms with Crippen molar-refractivity contribution in [1.29, 1.82) is 0 Å². The molecule has 0 N–H and O–H groups in total. The molecular formula is C12H17F. The Morgan fingerprint density at radius 2 is 2.08 bits per heavy atom. The first-order valence-corrected chi connectivity index (χ1v) is 4.84. The van der Waals surface area contributed by atoms with Gasteiger partial charge in [-0.2, -0.15) is 0 Å². The molecule has 1 heteroatoms. The first-order valence-electron chi connectivity index (χ1n) is 4.84. The molecule has 0 aliphatic heterocycles. The Kier molecular flexibility index (Phi) is 3.47. The second kappa shape index (κ2) is 4.40. The Morgan fingerprint density at radius 1 is 1.38 bits per heavy atom. The molecule has 0 saturated carbocycles. The van der Waals surface area contributed by atoms with Crippen LogP contribution in [0.25, 0.3) is 0 Å². The maximum atomic E-state index is 12.5. The van der Waals surface area contributed by atoms with Crippen LogP contribution in [0.5, 0.6) is 0 Å². The van der Waals surface area contributed by atoms with Crippen molar-refractivity contribution in [2.45, 2.75) is 33.1 Å². The topological polar surface area (TPSA) is 0 Å². The molecule has 72 valence electrons. The summed E-state index contributed by atoms with van der Waals surface area (Å²) in [5.74, 6) is 0.0338. The van der Waals surface area contributed by atoms with Gasteiger partial charge in [-0.05, 0) is 30.0 Å². The molecule has 0 saturated heterocycles. The number of benzene rings is 1. The van der Waals surface area contributed by atoms with Crippen LogP contribution in [0.3, 0.4) is 0 Å². The lowest BCUT2D eigenvalue weighted by Crippen LogP contribution is -1.99. The Bertz CT molecular complexity index is 278. The average molecular weight is 180 g/mol. The highest BCUT2D eigenvalue weighted by Gasteiger charge is 2.07. The van der Waals surface area contributed by atoms with E-state index in [0.717, 1.165) is 12.0 Å². The van der Waals surface area contributed by atoms with Crippen LogP contribution in [0.2, 0.25) is 0 Å². The first-order chi connectivity index (χ1) is 6.19. The molecule has 0 spiro atoms. The van der Waals surface area contributed by atoms with Crippen molar-refractivity contribution in [3.8, 4) is 0 Å². The van der Waals surface area contributed by atoms with Crippen LogP contribution < -0.4 is 0 Å². The molecule has 0 heterocycles. The smallest absolute Gasteiger partial charge is 0.0960 e. The predicted octanol–water partition coefficient (Wildman–Crippen LogP) is 3.63. The molecule has 1 unspecified atom stereocenters. The summed E-state index contributed by atoms with van der Waals surface area (Å²) in [7, 11) is 0. The number of hydrogen-bond donors (Lipinski definition) is 0. The Balaban J connectivity index is 3.03. The summed E-state index contributed by atoms with van der Waals surface area (Å²) in [6, 6.07) is 6.32. The van der Waals surface area contributed by atoms with Crippen molar-refractivity contribution in [1.82, 2.24) is 0 Å². The van der Waals surface area contributed by atoms with E-state index in [1.54, 1.807) is 0 Å². The lowest BCUT2D eigenvalue weighted by molar-refractivity contribution is 0.446. The molecule has 0 aromatic heterocycles. The minimum Gasteiger partial charge on any atom is -0.250 e. The van der Waals surface area contributed by atoms with Gasteiger partial charge in [0.2, 0.25) is 0 Å². The van der Waals surface area contributed by atoms with Gasteiger partial charge in [-0.1, -0.05) is 32.0 Å². The van der Waals surface area contributed by atoms with E-state index >= 15 is 0 Å². The quantitative estimate of drug-likeness (QED) is 0.666. The highest BCUT2D eigenvalue weighted by molar-refractivity contribution is 5.33. The third-order valence-electron chi connectivity index (χ3n) is 2.51. The molecule has 0 aliphatic carbocycles. The Hall–Kier alpha value is -0.850. The number of alkyl halides is 1. The molecule has 1 atom stereocenters. The van der Waals surface area contributed by atoms with E-state index < -0.39 is 0 Å². The minimum absolute atomic E-state index is 0.0338. The van der Waals surface area contributed by atoms with Crippen LogP contribution in [0.15, 0.2) is 18.2 Å². The van der Waals surface area contributed by atoms with Crippen LogP contribution in [0, 0.1) is 6.92 Å². The summed E-state index contributed by atoms with van der Waals surface area (Å²) in [5.41, 5.74) is 3.64. The SMILES string of the molecule is CCc1ccc(C)c(C(C)CF)c1. The Morgan fingerprint density at radius 3 is 2.62 bits per heavy atom. The van der Waals surface area contributed by atoms with Gasteiger partial charge in [0, 0.05) is 5.92 Å². The maximum absolute atomic E-state index is 12.5. The van der Waals surface area contributed by atoms with Gasteiger partial charge in [0.15, 0.2) is 0 Å². The summed E-state index contributed by atoms with van der Waals surface area (Å²) in [6.45, 7) is 5.82. The Labute approximate surface area is 79.8 Å². The highest BCUT2D eigenvalue weighted by atomic mass is 19.1. The third kappa shape index (κ3) is 2.30. The summed E-state index contributed by atoms with van der Waals surface area (Å²) in [4.78, 5) is 0. The van der Waals surface area contributed by atoms with E-state index in [1.807, 2.05) is 13.8 Å². The summed E-state index contributed by atoms with van der Waals surface area (Å²) >= 11 is 0. The number of hydrogen-bond acceptors (Lipinski definition) is 0. The molecule has 1 aromatic carbocycles. The zero-order valence-electron chi connectivity index (χ0n) is 8.60. The van der Waals surface area contributed by atoms with E-state index in [4.69, 9.17) is 0 Å². The van der Waals surface area contributed by atoms with E-state index in [1.165, 1.54) is 11.1 Å². The van der Waals surface area contributed by atoms with E-state index in [0.29, 0.717) is 0 Å². The van der Waals surface area contributed by atoms with E-state index in [-0.39, 0.29) is 12.6 Å². The van der Waals surface area contributed by atoms with E-state index in [9.17, 15) is 4.39 Å². The summed E-state index contributed by atoms with van der Waals surface area (Å²) < 4.78 is 12.5. The lowest BCUT2D eigenvalue weighted by atomic mass is 9.95. The van der Waals surface area contributed by atoms with Crippen LogP contribution in [0.1, 0.15) is 36.5 Å². The third-order valence-corrected chi connectivity index (χ3v) is 2.51.